The number of hydrogen-bond acceptors (Lipinski definition) is 7. The molecule has 7 heteroatoms. The fraction of sp³-hybridized carbons (Fsp3) is 0.483. The van der Waals surface area contributed by atoms with Gasteiger partial charge in [-0.15, -0.1) is 0 Å². The highest BCUT2D eigenvalue weighted by atomic mass is 16.5. The quantitative estimate of drug-likeness (QED) is 0.561. The predicted molar refractivity (Wildman–Crippen MR) is 137 cm³/mol. The Labute approximate surface area is 212 Å². The molecule has 4 heterocycles. The van der Waals surface area contributed by atoms with Crippen LogP contribution in [0.1, 0.15) is 53.6 Å². The van der Waals surface area contributed by atoms with Gasteiger partial charge in [-0.3, -0.25) is 9.69 Å². The van der Waals surface area contributed by atoms with Crippen molar-refractivity contribution in [3.05, 3.63) is 52.8 Å². The van der Waals surface area contributed by atoms with Crippen LogP contribution in [0.4, 0.5) is 0 Å². The van der Waals surface area contributed by atoms with Crippen molar-refractivity contribution in [2.45, 2.75) is 44.7 Å². The zero-order chi connectivity index (χ0) is 24.6. The third kappa shape index (κ3) is 4.24. The summed E-state index contributed by atoms with van der Waals surface area (Å²) in [6.45, 7) is 4.83. The molecule has 0 radical (unpaired) electrons. The van der Waals surface area contributed by atoms with Crippen LogP contribution in [0.2, 0.25) is 0 Å². The van der Waals surface area contributed by atoms with Gasteiger partial charge in [0.05, 0.1) is 25.3 Å². The lowest BCUT2D eigenvalue weighted by molar-refractivity contribution is 0.0141. The molecule has 4 aliphatic heterocycles. The third-order valence-corrected chi connectivity index (χ3v) is 8.11. The summed E-state index contributed by atoms with van der Waals surface area (Å²) in [5.74, 6) is 3.57. The zero-order valence-electron chi connectivity index (χ0n) is 21.1. The first-order chi connectivity index (χ1) is 17.6. The Morgan fingerprint density at radius 3 is 2.75 bits per heavy atom. The summed E-state index contributed by atoms with van der Waals surface area (Å²) in [6.07, 6.45) is 8.31. The molecule has 0 bridgehead atoms. The van der Waals surface area contributed by atoms with E-state index in [-0.39, 0.29) is 5.78 Å². The summed E-state index contributed by atoms with van der Waals surface area (Å²) in [5, 5.41) is 0. The van der Waals surface area contributed by atoms with Gasteiger partial charge in [-0.25, -0.2) is 0 Å². The van der Waals surface area contributed by atoms with Crippen molar-refractivity contribution in [1.29, 1.82) is 0 Å². The first kappa shape index (κ1) is 23.4. The molecule has 0 spiro atoms. The Balaban J connectivity index is 1.22. The van der Waals surface area contributed by atoms with Gasteiger partial charge in [0.15, 0.2) is 17.3 Å². The van der Waals surface area contributed by atoms with E-state index in [2.05, 4.69) is 9.80 Å². The smallest absolute Gasteiger partial charge is 0.231 e. The fourth-order valence-electron chi connectivity index (χ4n) is 6.34. The molecule has 0 aromatic heterocycles. The lowest BCUT2D eigenvalue weighted by atomic mass is 9.83. The van der Waals surface area contributed by atoms with Crippen molar-refractivity contribution >= 4 is 11.9 Å². The first-order valence-electron chi connectivity index (χ1n) is 13.1. The minimum absolute atomic E-state index is 0.107. The SMILES string of the molecule is COc1ccc(C=C2Oc3c(ccc4c3CN(C[C@H]3CCCN5CCCC[C@H]35)CO4)C2=O)cc1OC. The highest BCUT2D eigenvalue weighted by molar-refractivity contribution is 6.15. The molecule has 0 aliphatic carbocycles. The van der Waals surface area contributed by atoms with E-state index in [0.29, 0.717) is 47.3 Å². The number of Topliss-reactive ketones (excluding diaryl/α,β-unsaturated/α-hetero) is 1. The molecule has 2 fully saturated rings. The summed E-state index contributed by atoms with van der Waals surface area (Å²) in [5.41, 5.74) is 2.38. The van der Waals surface area contributed by atoms with Crippen LogP contribution in [0.15, 0.2) is 36.1 Å². The van der Waals surface area contributed by atoms with Crippen molar-refractivity contribution in [3.8, 4) is 23.0 Å². The average molecular weight is 491 g/mol. The molecular weight excluding hydrogens is 456 g/mol. The highest BCUT2D eigenvalue weighted by Crippen LogP contribution is 2.43. The number of methoxy groups -OCH3 is 2. The lowest BCUT2D eigenvalue weighted by Crippen LogP contribution is -2.51. The number of ether oxygens (including phenoxy) is 4. The number of carbonyl (C=O) groups is 1. The Kier molecular flexibility index (Phi) is 6.36. The monoisotopic (exact) mass is 490 g/mol. The Morgan fingerprint density at radius 1 is 1.03 bits per heavy atom. The largest absolute Gasteiger partial charge is 0.493 e. The molecule has 0 amide bonds. The summed E-state index contributed by atoms with van der Waals surface area (Å²) in [4.78, 5) is 18.3. The number of allylic oxidation sites excluding steroid dienone is 1. The molecule has 0 N–H and O–H groups in total. The standard InChI is InChI=1S/C29H34N2O5/c1-33-25-10-8-19(14-26(25)34-2)15-27-28(32)21-9-11-24-22(29(21)36-27)17-30(18-35-24)16-20-6-5-13-31-12-4-3-7-23(20)31/h8-11,14-15,20,23H,3-7,12-13,16-18H2,1-2H3/t20-,23-/m1/s1. The van der Waals surface area contributed by atoms with Crippen LogP contribution in [0.3, 0.4) is 0 Å². The molecule has 0 saturated carbocycles. The molecule has 36 heavy (non-hydrogen) atoms. The number of carbonyl (C=O) groups excluding carboxylic acids is 1. The highest BCUT2D eigenvalue weighted by Gasteiger charge is 2.37. The Bertz CT molecular complexity index is 1190. The van der Waals surface area contributed by atoms with Gasteiger partial charge >= 0.3 is 0 Å². The predicted octanol–water partition coefficient (Wildman–Crippen LogP) is 4.74. The van der Waals surface area contributed by atoms with E-state index in [1.165, 1.54) is 45.2 Å². The molecule has 7 nitrogen and oxygen atoms in total. The number of nitrogens with zero attached hydrogens (tertiary/aromatic N) is 2. The number of piperidine rings is 2. The van der Waals surface area contributed by atoms with Gasteiger partial charge < -0.3 is 23.8 Å². The summed E-state index contributed by atoms with van der Waals surface area (Å²) in [6, 6.07) is 9.98. The molecule has 2 atom stereocenters. The molecule has 4 aliphatic rings. The van der Waals surface area contributed by atoms with Crippen LogP contribution < -0.4 is 18.9 Å². The van der Waals surface area contributed by atoms with Crippen LogP contribution in [-0.2, 0) is 6.54 Å². The van der Waals surface area contributed by atoms with Crippen molar-refractivity contribution in [2.24, 2.45) is 5.92 Å². The summed E-state index contributed by atoms with van der Waals surface area (Å²) >= 11 is 0. The van der Waals surface area contributed by atoms with E-state index in [4.69, 9.17) is 18.9 Å². The van der Waals surface area contributed by atoms with Crippen molar-refractivity contribution in [1.82, 2.24) is 9.80 Å². The second kappa shape index (κ2) is 9.79. The van der Waals surface area contributed by atoms with Crippen molar-refractivity contribution < 1.29 is 23.7 Å². The van der Waals surface area contributed by atoms with Crippen LogP contribution in [0.25, 0.3) is 6.08 Å². The van der Waals surface area contributed by atoms with Gasteiger partial charge in [-0.1, -0.05) is 12.5 Å². The van der Waals surface area contributed by atoms with Gasteiger partial charge in [0.2, 0.25) is 5.78 Å². The zero-order valence-corrected chi connectivity index (χ0v) is 21.1. The molecule has 190 valence electrons. The third-order valence-electron chi connectivity index (χ3n) is 8.11. The van der Waals surface area contributed by atoms with Gasteiger partial charge in [0, 0.05) is 19.1 Å². The molecule has 0 unspecified atom stereocenters. The lowest BCUT2D eigenvalue weighted by Gasteiger charge is -2.46. The number of ketones is 1. The molecule has 6 rings (SSSR count). The van der Waals surface area contributed by atoms with Crippen LogP contribution in [0.5, 0.6) is 23.0 Å². The van der Waals surface area contributed by atoms with Crippen molar-refractivity contribution in [3.63, 3.8) is 0 Å². The minimum Gasteiger partial charge on any atom is -0.493 e. The maximum Gasteiger partial charge on any atom is 0.231 e. The number of hydrogen-bond donors (Lipinski definition) is 0. The summed E-state index contributed by atoms with van der Waals surface area (Å²) in [7, 11) is 3.20. The van der Waals surface area contributed by atoms with E-state index >= 15 is 0 Å². The number of benzene rings is 2. The number of fused-ring (bicyclic) bond motifs is 4. The average Bonchev–Trinajstić information content (AvgIpc) is 3.24. The van der Waals surface area contributed by atoms with Crippen molar-refractivity contribution in [2.75, 3.05) is 40.6 Å². The van der Waals surface area contributed by atoms with E-state index < -0.39 is 0 Å². The van der Waals surface area contributed by atoms with Gasteiger partial charge in [0.1, 0.15) is 18.2 Å². The van der Waals surface area contributed by atoms with Crippen LogP contribution >= 0.6 is 0 Å². The normalized spacial score (nSPS) is 24.9. The maximum absolute atomic E-state index is 13.2. The van der Waals surface area contributed by atoms with Gasteiger partial charge in [-0.2, -0.15) is 0 Å². The first-order valence-corrected chi connectivity index (χ1v) is 13.1. The van der Waals surface area contributed by atoms with E-state index in [1.807, 2.05) is 30.3 Å². The van der Waals surface area contributed by atoms with Crippen LogP contribution in [0, 0.1) is 5.92 Å². The maximum atomic E-state index is 13.2. The second-order valence-electron chi connectivity index (χ2n) is 10.3. The Hall–Kier alpha value is -3.03. The van der Waals surface area contributed by atoms with E-state index in [0.717, 1.165) is 30.0 Å². The Morgan fingerprint density at radius 2 is 1.89 bits per heavy atom. The number of rotatable bonds is 5. The second-order valence-corrected chi connectivity index (χ2v) is 10.3. The molecule has 2 aromatic rings. The van der Waals surface area contributed by atoms with Gasteiger partial charge in [0.25, 0.3) is 0 Å². The molecule has 2 aromatic carbocycles. The topological polar surface area (TPSA) is 60.5 Å². The van der Waals surface area contributed by atoms with E-state index in [1.54, 1.807) is 20.3 Å². The minimum atomic E-state index is -0.107. The fourth-order valence-corrected chi connectivity index (χ4v) is 6.34. The van der Waals surface area contributed by atoms with E-state index in [9.17, 15) is 4.79 Å². The van der Waals surface area contributed by atoms with Crippen LogP contribution in [-0.4, -0.2) is 62.2 Å². The molecule has 2 saturated heterocycles. The summed E-state index contributed by atoms with van der Waals surface area (Å²) < 4.78 is 23.1. The van der Waals surface area contributed by atoms with Gasteiger partial charge in [-0.05, 0) is 80.6 Å². The molecular formula is C29H34N2O5.